The largest absolute Gasteiger partial charge is 0.384 e. The van der Waals surface area contributed by atoms with E-state index in [0.717, 1.165) is 35.7 Å². The maximum absolute atomic E-state index is 7.75. The Hall–Kier alpha value is -1.58. The van der Waals surface area contributed by atoms with Gasteiger partial charge in [-0.2, -0.15) is 0 Å². The number of nitrogens with zero attached hydrogens (tertiary/aromatic N) is 2. The fourth-order valence-electron chi connectivity index (χ4n) is 2.23. The number of amidine groups is 1. The quantitative estimate of drug-likeness (QED) is 0.621. The number of aromatic nitrogens is 1. The fourth-order valence-corrected chi connectivity index (χ4v) is 2.23. The van der Waals surface area contributed by atoms with Gasteiger partial charge in [0.2, 0.25) is 0 Å². The van der Waals surface area contributed by atoms with E-state index in [1.54, 1.807) is 0 Å². The molecule has 0 fully saturated rings. The van der Waals surface area contributed by atoms with E-state index in [2.05, 4.69) is 30.7 Å². The van der Waals surface area contributed by atoms with E-state index in [9.17, 15) is 0 Å². The molecule has 0 spiro atoms. The minimum atomic E-state index is 0.0946. The van der Waals surface area contributed by atoms with Crippen LogP contribution in [-0.2, 0) is 0 Å². The van der Waals surface area contributed by atoms with Gasteiger partial charge >= 0.3 is 0 Å². The van der Waals surface area contributed by atoms with Crippen LogP contribution < -0.4 is 10.6 Å². The minimum absolute atomic E-state index is 0.0946. The smallest absolute Gasteiger partial charge is 0.126 e. The molecule has 1 heterocycles. The van der Waals surface area contributed by atoms with Crippen LogP contribution in [0.15, 0.2) is 6.07 Å². The summed E-state index contributed by atoms with van der Waals surface area (Å²) >= 11 is 0. The van der Waals surface area contributed by atoms with Crippen molar-refractivity contribution in [2.24, 2.45) is 11.7 Å². The molecule has 4 nitrogen and oxygen atoms in total. The van der Waals surface area contributed by atoms with Crippen LogP contribution in [0.2, 0.25) is 0 Å². The van der Waals surface area contributed by atoms with E-state index in [0.29, 0.717) is 5.92 Å². The molecule has 100 valence electrons. The SMILES string of the molecule is CCN(CC(C)C)c1cc(C)nc(C)c1C(=N)N. The number of pyridine rings is 1. The van der Waals surface area contributed by atoms with Crippen molar-refractivity contribution in [3.05, 3.63) is 23.0 Å². The third-order valence-electron chi connectivity index (χ3n) is 2.88. The third kappa shape index (κ3) is 3.22. The Labute approximate surface area is 110 Å². The molecule has 4 heteroatoms. The zero-order chi connectivity index (χ0) is 13.9. The van der Waals surface area contributed by atoms with E-state index in [1.807, 2.05) is 19.9 Å². The zero-order valence-electron chi connectivity index (χ0n) is 12.0. The summed E-state index contributed by atoms with van der Waals surface area (Å²) in [6.07, 6.45) is 0. The monoisotopic (exact) mass is 248 g/mol. The topological polar surface area (TPSA) is 66.0 Å². The predicted molar refractivity (Wildman–Crippen MR) is 77.5 cm³/mol. The number of nitrogens with two attached hydrogens (primary N) is 1. The van der Waals surface area contributed by atoms with Gasteiger partial charge in [-0.1, -0.05) is 13.8 Å². The van der Waals surface area contributed by atoms with E-state index < -0.39 is 0 Å². The molecule has 0 radical (unpaired) electrons. The highest BCUT2D eigenvalue weighted by Crippen LogP contribution is 2.24. The van der Waals surface area contributed by atoms with Gasteiger partial charge in [-0.3, -0.25) is 10.4 Å². The van der Waals surface area contributed by atoms with Crippen LogP contribution in [0.4, 0.5) is 5.69 Å². The highest BCUT2D eigenvalue weighted by Gasteiger charge is 2.16. The molecule has 0 aromatic carbocycles. The van der Waals surface area contributed by atoms with Crippen LogP contribution >= 0.6 is 0 Å². The van der Waals surface area contributed by atoms with E-state index in [4.69, 9.17) is 11.1 Å². The van der Waals surface area contributed by atoms with Gasteiger partial charge in [0, 0.05) is 18.8 Å². The maximum Gasteiger partial charge on any atom is 0.126 e. The molecule has 0 saturated heterocycles. The number of nitrogen functional groups attached to an aromatic ring is 1. The Morgan fingerprint density at radius 2 is 2.06 bits per heavy atom. The summed E-state index contributed by atoms with van der Waals surface area (Å²) in [5, 5.41) is 7.75. The zero-order valence-corrected chi connectivity index (χ0v) is 12.0. The summed E-state index contributed by atoms with van der Waals surface area (Å²) in [5.41, 5.74) is 9.30. The molecule has 0 bridgehead atoms. The molecule has 0 unspecified atom stereocenters. The average Bonchev–Trinajstić information content (AvgIpc) is 2.23. The van der Waals surface area contributed by atoms with Crippen molar-refractivity contribution in [1.29, 1.82) is 5.41 Å². The summed E-state index contributed by atoms with van der Waals surface area (Å²) in [5.74, 6) is 0.663. The number of anilines is 1. The Balaban J connectivity index is 3.31. The Morgan fingerprint density at radius 1 is 1.44 bits per heavy atom. The summed E-state index contributed by atoms with van der Waals surface area (Å²) in [4.78, 5) is 6.67. The van der Waals surface area contributed by atoms with Gasteiger partial charge in [-0.15, -0.1) is 0 Å². The third-order valence-corrected chi connectivity index (χ3v) is 2.88. The van der Waals surface area contributed by atoms with Crippen molar-refractivity contribution in [3.8, 4) is 0 Å². The standard InChI is InChI=1S/C14H24N4/c1-6-18(8-9(2)3)12-7-10(4)17-11(5)13(12)14(15)16/h7,9H,6,8H2,1-5H3,(H3,15,16). The van der Waals surface area contributed by atoms with Crippen LogP contribution in [-0.4, -0.2) is 23.9 Å². The first-order valence-corrected chi connectivity index (χ1v) is 6.44. The summed E-state index contributed by atoms with van der Waals surface area (Å²) in [7, 11) is 0. The Bertz CT molecular complexity index is 438. The van der Waals surface area contributed by atoms with Crippen molar-refractivity contribution < 1.29 is 0 Å². The lowest BCUT2D eigenvalue weighted by atomic mass is 10.1. The summed E-state index contributed by atoms with van der Waals surface area (Å²) in [6.45, 7) is 12.3. The number of rotatable bonds is 5. The lowest BCUT2D eigenvalue weighted by molar-refractivity contribution is 0.618. The molecular weight excluding hydrogens is 224 g/mol. The molecule has 1 aromatic rings. The highest BCUT2D eigenvalue weighted by molar-refractivity contribution is 6.01. The van der Waals surface area contributed by atoms with E-state index in [1.165, 1.54) is 0 Å². The predicted octanol–water partition coefficient (Wildman–Crippen LogP) is 2.46. The van der Waals surface area contributed by atoms with Gasteiger partial charge in [0.1, 0.15) is 5.84 Å². The van der Waals surface area contributed by atoms with Crippen LogP contribution in [0.3, 0.4) is 0 Å². The number of nitrogens with one attached hydrogen (secondary N) is 1. The fraction of sp³-hybridized carbons (Fsp3) is 0.571. The number of hydrogen-bond donors (Lipinski definition) is 2. The van der Waals surface area contributed by atoms with Crippen LogP contribution in [0.25, 0.3) is 0 Å². The molecule has 0 aliphatic carbocycles. The highest BCUT2D eigenvalue weighted by atomic mass is 15.1. The molecule has 0 aliphatic heterocycles. The summed E-state index contributed by atoms with van der Waals surface area (Å²) in [6, 6.07) is 2.02. The molecule has 0 amide bonds. The maximum atomic E-state index is 7.75. The number of aryl methyl sites for hydroxylation is 2. The van der Waals surface area contributed by atoms with Crippen molar-refractivity contribution in [2.45, 2.75) is 34.6 Å². The molecule has 0 atom stereocenters. The minimum Gasteiger partial charge on any atom is -0.384 e. The van der Waals surface area contributed by atoms with Gasteiger partial charge < -0.3 is 10.6 Å². The summed E-state index contributed by atoms with van der Waals surface area (Å²) < 4.78 is 0. The van der Waals surface area contributed by atoms with Crippen molar-refractivity contribution in [3.63, 3.8) is 0 Å². The van der Waals surface area contributed by atoms with Gasteiger partial charge in [-0.25, -0.2) is 0 Å². The van der Waals surface area contributed by atoms with Gasteiger partial charge in [0.05, 0.1) is 16.9 Å². The molecule has 0 aliphatic rings. The van der Waals surface area contributed by atoms with Gasteiger partial charge in [0.15, 0.2) is 0 Å². The molecule has 1 aromatic heterocycles. The van der Waals surface area contributed by atoms with Gasteiger partial charge in [0.25, 0.3) is 0 Å². The Kier molecular flexibility index (Phi) is 4.70. The molecular formula is C14H24N4. The van der Waals surface area contributed by atoms with E-state index in [-0.39, 0.29) is 5.84 Å². The molecule has 3 N–H and O–H groups in total. The second-order valence-electron chi connectivity index (χ2n) is 5.09. The second kappa shape index (κ2) is 5.85. The van der Waals surface area contributed by atoms with Crippen LogP contribution in [0, 0.1) is 25.2 Å². The first kappa shape index (κ1) is 14.5. The number of hydrogen-bond acceptors (Lipinski definition) is 3. The first-order chi connectivity index (χ1) is 8.36. The lowest BCUT2D eigenvalue weighted by Gasteiger charge is -2.28. The van der Waals surface area contributed by atoms with Crippen molar-refractivity contribution in [2.75, 3.05) is 18.0 Å². The van der Waals surface area contributed by atoms with Crippen molar-refractivity contribution in [1.82, 2.24) is 4.98 Å². The van der Waals surface area contributed by atoms with Gasteiger partial charge in [-0.05, 0) is 32.8 Å². The first-order valence-electron chi connectivity index (χ1n) is 6.44. The molecule has 0 saturated carbocycles. The average molecular weight is 248 g/mol. The van der Waals surface area contributed by atoms with Crippen molar-refractivity contribution >= 4 is 11.5 Å². The van der Waals surface area contributed by atoms with Crippen LogP contribution in [0.5, 0.6) is 0 Å². The normalized spacial score (nSPS) is 10.8. The van der Waals surface area contributed by atoms with E-state index >= 15 is 0 Å². The van der Waals surface area contributed by atoms with Crippen LogP contribution in [0.1, 0.15) is 37.7 Å². The molecule has 1 rings (SSSR count). The molecule has 18 heavy (non-hydrogen) atoms. The second-order valence-corrected chi connectivity index (χ2v) is 5.09. The lowest BCUT2D eigenvalue weighted by Crippen LogP contribution is -2.30. The Morgan fingerprint density at radius 3 is 2.50 bits per heavy atom.